The number of aryl methyl sites for hydroxylation is 1. The third kappa shape index (κ3) is 1.78. The summed E-state index contributed by atoms with van der Waals surface area (Å²) < 4.78 is 7.59. The highest BCUT2D eigenvalue weighted by Crippen LogP contribution is 2.37. The zero-order valence-electron chi connectivity index (χ0n) is 11.1. The van der Waals surface area contributed by atoms with Gasteiger partial charge in [-0.2, -0.15) is 0 Å². The van der Waals surface area contributed by atoms with E-state index in [4.69, 9.17) is 10.5 Å². The van der Waals surface area contributed by atoms with Crippen molar-refractivity contribution in [3.05, 3.63) is 18.1 Å². The van der Waals surface area contributed by atoms with E-state index in [1.165, 1.54) is 6.33 Å². The van der Waals surface area contributed by atoms with E-state index in [0.717, 1.165) is 10.9 Å². The summed E-state index contributed by atoms with van der Waals surface area (Å²) in [5.41, 5.74) is 6.40. The minimum absolute atomic E-state index is 0.317. The van der Waals surface area contributed by atoms with E-state index in [0.29, 0.717) is 30.6 Å². The lowest BCUT2D eigenvalue weighted by molar-refractivity contribution is -0.140. The molecule has 2 unspecified atom stereocenters. The zero-order chi connectivity index (χ0) is 14.3. The molecule has 0 aliphatic carbocycles. The second-order valence-corrected chi connectivity index (χ2v) is 5.13. The molecule has 2 atom stereocenters. The Hall–Kier alpha value is -1.99. The van der Waals surface area contributed by atoms with E-state index in [9.17, 15) is 9.90 Å². The molecule has 0 spiro atoms. The van der Waals surface area contributed by atoms with Gasteiger partial charge in [-0.1, -0.05) is 0 Å². The highest BCUT2D eigenvalue weighted by Gasteiger charge is 2.41. The van der Waals surface area contributed by atoms with Gasteiger partial charge in [0, 0.05) is 6.20 Å². The molecule has 0 aromatic carbocycles. The molecule has 7 heteroatoms. The number of aldehydes is 1. The minimum atomic E-state index is -1.10. The van der Waals surface area contributed by atoms with Crippen molar-refractivity contribution in [2.75, 3.05) is 12.3 Å². The summed E-state index contributed by atoms with van der Waals surface area (Å²) in [5, 5.41) is 10.1. The molecule has 1 fully saturated rings. The summed E-state index contributed by atoms with van der Waals surface area (Å²) in [6, 6.07) is 0. The van der Waals surface area contributed by atoms with Crippen LogP contribution in [0.1, 0.15) is 24.6 Å². The normalized spacial score (nSPS) is 26.2. The lowest BCUT2D eigenvalue weighted by Crippen LogP contribution is -2.34. The van der Waals surface area contributed by atoms with Crippen LogP contribution < -0.4 is 5.73 Å². The lowest BCUT2D eigenvalue weighted by atomic mass is 10.0. The molecule has 106 valence electrons. The number of hydrogen-bond acceptors (Lipinski definition) is 6. The number of nitrogens with zero attached hydrogens (tertiary/aromatic N) is 3. The van der Waals surface area contributed by atoms with Crippen LogP contribution in [0.15, 0.2) is 12.5 Å². The van der Waals surface area contributed by atoms with Crippen molar-refractivity contribution in [2.45, 2.75) is 31.6 Å². The molecular formula is C13H16N4O3. The van der Waals surface area contributed by atoms with E-state index < -0.39 is 5.60 Å². The summed E-state index contributed by atoms with van der Waals surface area (Å²) in [6.45, 7) is 1.61. The third-order valence-electron chi connectivity index (χ3n) is 3.81. The van der Waals surface area contributed by atoms with E-state index in [-0.39, 0.29) is 12.8 Å². The second kappa shape index (κ2) is 4.53. The molecule has 3 heterocycles. The van der Waals surface area contributed by atoms with Gasteiger partial charge in [-0.15, -0.1) is 0 Å². The highest BCUT2D eigenvalue weighted by molar-refractivity contribution is 5.89. The first-order valence-electron chi connectivity index (χ1n) is 6.43. The Morgan fingerprint density at radius 2 is 2.45 bits per heavy atom. The van der Waals surface area contributed by atoms with Gasteiger partial charge in [0.05, 0.1) is 12.0 Å². The largest absolute Gasteiger partial charge is 0.393 e. The first kappa shape index (κ1) is 13.0. The number of ether oxygens (including phenoxy) is 1. The number of anilines is 1. The van der Waals surface area contributed by atoms with E-state index >= 15 is 0 Å². The number of fused-ring (bicyclic) bond motifs is 1. The fourth-order valence-corrected chi connectivity index (χ4v) is 2.71. The number of carbonyl (C=O) groups is 1. The van der Waals surface area contributed by atoms with E-state index in [2.05, 4.69) is 9.97 Å². The Bertz CT molecular complexity index is 669. The summed E-state index contributed by atoms with van der Waals surface area (Å²) in [6.07, 6.45) is 4.75. The van der Waals surface area contributed by atoms with Crippen LogP contribution in [0.3, 0.4) is 0 Å². The number of carbonyl (C=O) groups excluding carboxylic acids is 1. The second-order valence-electron chi connectivity index (χ2n) is 5.13. The van der Waals surface area contributed by atoms with Crippen molar-refractivity contribution in [3.63, 3.8) is 0 Å². The Morgan fingerprint density at radius 3 is 3.10 bits per heavy atom. The summed E-state index contributed by atoms with van der Waals surface area (Å²) in [4.78, 5) is 19.4. The predicted molar refractivity (Wildman–Crippen MR) is 71.9 cm³/mol. The third-order valence-corrected chi connectivity index (χ3v) is 3.81. The first-order chi connectivity index (χ1) is 9.60. The molecular weight excluding hydrogens is 260 g/mol. The molecule has 0 radical (unpaired) electrons. The molecule has 0 bridgehead atoms. The summed E-state index contributed by atoms with van der Waals surface area (Å²) >= 11 is 0. The molecule has 3 N–H and O–H groups in total. The SMILES string of the molecule is Cc1cn(C2CCC(C=O)(CO)O2)c2ncnc(N)c12. The van der Waals surface area contributed by atoms with Gasteiger partial charge >= 0.3 is 0 Å². The molecule has 0 saturated carbocycles. The van der Waals surface area contributed by atoms with Gasteiger partial charge in [0.15, 0.2) is 6.29 Å². The number of nitrogen functional groups attached to an aromatic ring is 1. The molecule has 1 aliphatic heterocycles. The lowest BCUT2D eigenvalue weighted by Gasteiger charge is -2.21. The standard InChI is InChI=1S/C13H16N4O3/c1-8-4-17(12-10(8)11(14)15-7-16-12)9-2-3-13(5-18,6-19)20-9/h4-5,7,9,19H,2-3,6H2,1H3,(H2,14,15,16). The number of nitrogens with two attached hydrogens (primary N) is 1. The van der Waals surface area contributed by atoms with Gasteiger partial charge in [-0.05, 0) is 25.3 Å². The molecule has 2 aromatic heterocycles. The van der Waals surface area contributed by atoms with Crippen molar-refractivity contribution in [1.82, 2.24) is 14.5 Å². The number of aliphatic hydroxyl groups excluding tert-OH is 1. The quantitative estimate of drug-likeness (QED) is 0.794. The van der Waals surface area contributed by atoms with Crippen LogP contribution in [-0.2, 0) is 9.53 Å². The monoisotopic (exact) mass is 276 g/mol. The predicted octanol–water partition coefficient (Wildman–Crippen LogP) is 0.561. The van der Waals surface area contributed by atoms with Gasteiger partial charge in [-0.3, -0.25) is 0 Å². The maximum atomic E-state index is 11.1. The smallest absolute Gasteiger partial charge is 0.154 e. The van der Waals surface area contributed by atoms with E-state index in [1.807, 2.05) is 17.7 Å². The fourth-order valence-electron chi connectivity index (χ4n) is 2.71. The molecule has 2 aromatic rings. The Kier molecular flexibility index (Phi) is 2.95. The molecule has 3 rings (SSSR count). The van der Waals surface area contributed by atoms with Crippen LogP contribution in [0, 0.1) is 6.92 Å². The van der Waals surface area contributed by atoms with Crippen LogP contribution in [-0.4, -0.2) is 38.1 Å². The molecule has 0 amide bonds. The maximum absolute atomic E-state index is 11.1. The van der Waals surface area contributed by atoms with E-state index in [1.54, 1.807) is 0 Å². The van der Waals surface area contributed by atoms with Crippen molar-refractivity contribution in [1.29, 1.82) is 0 Å². The van der Waals surface area contributed by atoms with Gasteiger partial charge in [-0.25, -0.2) is 9.97 Å². The molecule has 1 saturated heterocycles. The van der Waals surface area contributed by atoms with Gasteiger partial charge < -0.3 is 24.9 Å². The molecule has 7 nitrogen and oxygen atoms in total. The van der Waals surface area contributed by atoms with Crippen molar-refractivity contribution in [2.24, 2.45) is 0 Å². The fraction of sp³-hybridized carbons (Fsp3) is 0.462. The van der Waals surface area contributed by atoms with Crippen LogP contribution in [0.5, 0.6) is 0 Å². The van der Waals surface area contributed by atoms with Crippen molar-refractivity contribution >= 4 is 23.1 Å². The van der Waals surface area contributed by atoms with Gasteiger partial charge in [0.25, 0.3) is 0 Å². The van der Waals surface area contributed by atoms with Gasteiger partial charge in [0.2, 0.25) is 0 Å². The summed E-state index contributed by atoms with van der Waals surface area (Å²) in [5.74, 6) is 0.424. The first-order valence-corrected chi connectivity index (χ1v) is 6.43. The molecule has 1 aliphatic rings. The highest BCUT2D eigenvalue weighted by atomic mass is 16.5. The maximum Gasteiger partial charge on any atom is 0.154 e. The van der Waals surface area contributed by atoms with Crippen LogP contribution in [0.4, 0.5) is 5.82 Å². The number of aliphatic hydroxyl groups is 1. The topological polar surface area (TPSA) is 103 Å². The van der Waals surface area contributed by atoms with Crippen LogP contribution in [0.2, 0.25) is 0 Å². The van der Waals surface area contributed by atoms with Crippen LogP contribution in [0.25, 0.3) is 11.0 Å². The summed E-state index contributed by atoms with van der Waals surface area (Å²) in [7, 11) is 0. The van der Waals surface area contributed by atoms with Crippen molar-refractivity contribution < 1.29 is 14.6 Å². The Morgan fingerprint density at radius 1 is 1.65 bits per heavy atom. The van der Waals surface area contributed by atoms with Crippen LogP contribution >= 0.6 is 0 Å². The number of hydrogen-bond donors (Lipinski definition) is 2. The number of rotatable bonds is 3. The number of aromatic nitrogens is 3. The Labute approximate surface area is 115 Å². The van der Waals surface area contributed by atoms with Crippen molar-refractivity contribution in [3.8, 4) is 0 Å². The molecule has 20 heavy (non-hydrogen) atoms. The Balaban J connectivity index is 2.04. The minimum Gasteiger partial charge on any atom is -0.393 e. The van der Waals surface area contributed by atoms with Gasteiger partial charge in [0.1, 0.15) is 29.6 Å². The zero-order valence-corrected chi connectivity index (χ0v) is 11.1. The average Bonchev–Trinajstić information content (AvgIpc) is 3.02. The average molecular weight is 276 g/mol.